The Hall–Kier alpha value is -0.755. The van der Waals surface area contributed by atoms with Crippen molar-refractivity contribution >= 4 is 13.3 Å². The van der Waals surface area contributed by atoms with E-state index in [0.717, 1.165) is 22.2 Å². The summed E-state index contributed by atoms with van der Waals surface area (Å²) in [7, 11) is 5.65. The van der Waals surface area contributed by atoms with Gasteiger partial charge in [0.2, 0.25) is 0 Å². The molecule has 1 rings (SSSR count). The van der Waals surface area contributed by atoms with Gasteiger partial charge in [-0.15, -0.1) is 0 Å². The lowest BCUT2D eigenvalue weighted by Crippen LogP contribution is -2.09. The average molecular weight is 146 g/mol. The van der Waals surface area contributed by atoms with Gasteiger partial charge in [-0.2, -0.15) is 0 Å². The smallest absolute Gasteiger partial charge is 0.114 e. The molecule has 0 atom stereocenters. The lowest BCUT2D eigenvalue weighted by Gasteiger charge is -2.06. The minimum absolute atomic E-state index is 0.0658. The van der Waals surface area contributed by atoms with Crippen molar-refractivity contribution in [3.8, 4) is 0 Å². The number of hydrogen-bond acceptors (Lipinski definition) is 1. The molecule has 0 saturated heterocycles. The van der Waals surface area contributed by atoms with Gasteiger partial charge in [0.25, 0.3) is 0 Å². The largest absolute Gasteiger partial charge is 0.392 e. The molecule has 1 aromatic carbocycles. The summed E-state index contributed by atoms with van der Waals surface area (Å²) < 4.78 is 0. The van der Waals surface area contributed by atoms with Crippen LogP contribution in [0, 0.1) is 13.8 Å². The maximum atomic E-state index is 8.88. The fraction of sp³-hybridized carbons (Fsp3) is 0.333. The molecule has 0 unspecified atom stereocenters. The Kier molecular flexibility index (Phi) is 2.35. The van der Waals surface area contributed by atoms with Crippen LogP contribution < -0.4 is 5.46 Å². The molecule has 0 aliphatic rings. The standard InChI is InChI=1S/C9H11BO/c1-6-3-7(2)9(10)4-8(6)5-11/h3-4,11H,5H2,1-2H3. The highest BCUT2D eigenvalue weighted by molar-refractivity contribution is 6.33. The summed E-state index contributed by atoms with van der Waals surface area (Å²) >= 11 is 0. The number of hydrogen-bond donors (Lipinski definition) is 1. The summed E-state index contributed by atoms with van der Waals surface area (Å²) in [4.78, 5) is 0. The van der Waals surface area contributed by atoms with E-state index in [1.807, 2.05) is 26.0 Å². The van der Waals surface area contributed by atoms with Gasteiger partial charge in [0.1, 0.15) is 7.85 Å². The lowest BCUT2D eigenvalue weighted by atomic mass is 9.88. The summed E-state index contributed by atoms with van der Waals surface area (Å²) in [6.07, 6.45) is 0. The molecule has 0 aliphatic carbocycles. The first-order valence-corrected chi connectivity index (χ1v) is 3.61. The van der Waals surface area contributed by atoms with E-state index in [4.69, 9.17) is 13.0 Å². The van der Waals surface area contributed by atoms with Crippen LogP contribution in [-0.4, -0.2) is 13.0 Å². The first kappa shape index (κ1) is 8.34. The molecule has 0 bridgehead atoms. The van der Waals surface area contributed by atoms with Gasteiger partial charge in [-0.3, -0.25) is 0 Å². The van der Waals surface area contributed by atoms with Crippen molar-refractivity contribution in [1.29, 1.82) is 0 Å². The molecular formula is C9H11BO. The molecule has 11 heavy (non-hydrogen) atoms. The van der Waals surface area contributed by atoms with Gasteiger partial charge in [0.05, 0.1) is 6.61 Å². The SMILES string of the molecule is [B]c1cc(CO)c(C)cc1C. The molecule has 0 saturated carbocycles. The highest BCUT2D eigenvalue weighted by Crippen LogP contribution is 2.07. The van der Waals surface area contributed by atoms with Gasteiger partial charge in [0.15, 0.2) is 0 Å². The fourth-order valence-electron chi connectivity index (χ4n) is 1.09. The Morgan fingerprint density at radius 3 is 2.45 bits per heavy atom. The van der Waals surface area contributed by atoms with E-state index < -0.39 is 0 Å². The quantitative estimate of drug-likeness (QED) is 0.575. The third-order valence-corrected chi connectivity index (χ3v) is 1.89. The van der Waals surface area contributed by atoms with E-state index in [9.17, 15) is 0 Å². The van der Waals surface area contributed by atoms with Crippen LogP contribution in [0.3, 0.4) is 0 Å². The molecule has 0 aliphatic heterocycles. The van der Waals surface area contributed by atoms with E-state index in [0.29, 0.717) is 0 Å². The topological polar surface area (TPSA) is 20.2 Å². The molecule has 0 fully saturated rings. The van der Waals surface area contributed by atoms with Crippen molar-refractivity contribution < 1.29 is 5.11 Å². The lowest BCUT2D eigenvalue weighted by molar-refractivity contribution is 0.281. The van der Waals surface area contributed by atoms with Crippen LogP contribution in [0.5, 0.6) is 0 Å². The van der Waals surface area contributed by atoms with Gasteiger partial charge < -0.3 is 5.11 Å². The van der Waals surface area contributed by atoms with Crippen molar-refractivity contribution in [2.24, 2.45) is 0 Å². The maximum absolute atomic E-state index is 8.88. The zero-order valence-electron chi connectivity index (χ0n) is 6.89. The molecule has 1 N–H and O–H groups in total. The summed E-state index contributed by atoms with van der Waals surface area (Å²) in [5.41, 5.74) is 3.83. The van der Waals surface area contributed by atoms with Crippen LogP contribution >= 0.6 is 0 Å². The Morgan fingerprint density at radius 1 is 1.27 bits per heavy atom. The Bertz CT molecular complexity index is 269. The molecule has 2 radical (unpaired) electrons. The third-order valence-electron chi connectivity index (χ3n) is 1.89. The van der Waals surface area contributed by atoms with Crippen molar-refractivity contribution in [3.05, 3.63) is 28.8 Å². The fourth-order valence-corrected chi connectivity index (χ4v) is 1.09. The van der Waals surface area contributed by atoms with E-state index in [1.165, 1.54) is 0 Å². The van der Waals surface area contributed by atoms with Crippen molar-refractivity contribution in [3.63, 3.8) is 0 Å². The molecule has 2 heteroatoms. The van der Waals surface area contributed by atoms with Gasteiger partial charge in [0, 0.05) is 0 Å². The average Bonchev–Trinajstić information content (AvgIpc) is 1.97. The van der Waals surface area contributed by atoms with Crippen LogP contribution in [0.1, 0.15) is 16.7 Å². The molecule has 1 aromatic rings. The number of rotatable bonds is 1. The molecule has 0 amide bonds. The van der Waals surface area contributed by atoms with Gasteiger partial charge in [-0.25, -0.2) is 0 Å². The Labute approximate surface area is 68.5 Å². The predicted molar refractivity (Wildman–Crippen MR) is 47.2 cm³/mol. The minimum Gasteiger partial charge on any atom is -0.392 e. The normalized spacial score (nSPS) is 10.1. The predicted octanol–water partition coefficient (Wildman–Crippen LogP) is 0.590. The first-order chi connectivity index (χ1) is 5.15. The third kappa shape index (κ3) is 1.63. The number of aliphatic hydroxyl groups is 1. The summed E-state index contributed by atoms with van der Waals surface area (Å²) in [5, 5.41) is 8.88. The zero-order chi connectivity index (χ0) is 8.43. The second-order valence-corrected chi connectivity index (χ2v) is 2.79. The Balaban J connectivity index is 3.21. The van der Waals surface area contributed by atoms with Crippen LogP contribution in [0.4, 0.5) is 0 Å². The maximum Gasteiger partial charge on any atom is 0.114 e. The first-order valence-electron chi connectivity index (χ1n) is 3.61. The van der Waals surface area contributed by atoms with E-state index in [2.05, 4.69) is 0 Å². The van der Waals surface area contributed by atoms with Crippen LogP contribution in [0.25, 0.3) is 0 Å². The highest BCUT2D eigenvalue weighted by Gasteiger charge is 1.98. The van der Waals surface area contributed by atoms with Crippen molar-refractivity contribution in [1.82, 2.24) is 0 Å². The van der Waals surface area contributed by atoms with Crippen molar-refractivity contribution in [2.45, 2.75) is 20.5 Å². The van der Waals surface area contributed by atoms with E-state index in [-0.39, 0.29) is 6.61 Å². The van der Waals surface area contributed by atoms with Crippen LogP contribution in [0.15, 0.2) is 12.1 Å². The Morgan fingerprint density at radius 2 is 1.91 bits per heavy atom. The van der Waals surface area contributed by atoms with Crippen molar-refractivity contribution in [2.75, 3.05) is 0 Å². The van der Waals surface area contributed by atoms with Gasteiger partial charge >= 0.3 is 0 Å². The summed E-state index contributed by atoms with van der Waals surface area (Å²) in [6.45, 7) is 4.00. The molecule has 56 valence electrons. The number of aliphatic hydroxyl groups excluding tert-OH is 1. The van der Waals surface area contributed by atoms with E-state index >= 15 is 0 Å². The van der Waals surface area contributed by atoms with Crippen LogP contribution in [-0.2, 0) is 6.61 Å². The summed E-state index contributed by atoms with van der Waals surface area (Å²) in [6, 6.07) is 3.81. The number of aryl methyl sites for hydroxylation is 2. The molecular weight excluding hydrogens is 135 g/mol. The van der Waals surface area contributed by atoms with Gasteiger partial charge in [-0.05, 0) is 25.0 Å². The minimum atomic E-state index is 0.0658. The molecule has 1 nitrogen and oxygen atoms in total. The molecule has 0 spiro atoms. The molecule has 0 aromatic heterocycles. The molecule has 0 heterocycles. The number of benzene rings is 1. The highest BCUT2D eigenvalue weighted by atomic mass is 16.3. The second kappa shape index (κ2) is 3.10. The monoisotopic (exact) mass is 146 g/mol. The summed E-state index contributed by atoms with van der Waals surface area (Å²) in [5.74, 6) is 0. The second-order valence-electron chi connectivity index (χ2n) is 2.79. The van der Waals surface area contributed by atoms with Gasteiger partial charge in [-0.1, -0.05) is 23.2 Å². The zero-order valence-corrected chi connectivity index (χ0v) is 6.89. The van der Waals surface area contributed by atoms with Crippen LogP contribution in [0.2, 0.25) is 0 Å². The van der Waals surface area contributed by atoms with E-state index in [1.54, 1.807) is 0 Å².